The first kappa shape index (κ1) is 28.0. The van der Waals surface area contributed by atoms with Gasteiger partial charge in [0.1, 0.15) is 11.6 Å². The van der Waals surface area contributed by atoms with Gasteiger partial charge in [-0.15, -0.1) is 5.10 Å². The fourth-order valence-corrected chi connectivity index (χ4v) is 3.66. The third kappa shape index (κ3) is 6.57. The van der Waals surface area contributed by atoms with Gasteiger partial charge in [0.05, 0.1) is 28.6 Å². The van der Waals surface area contributed by atoms with Crippen LogP contribution in [0, 0.1) is 11.6 Å². The first-order valence-electron chi connectivity index (χ1n) is 10.9. The molecule has 14 heteroatoms. The molecule has 1 fully saturated rings. The summed E-state index contributed by atoms with van der Waals surface area (Å²) in [4.78, 5) is 37.3. The van der Waals surface area contributed by atoms with E-state index in [1.165, 1.54) is 29.3 Å². The number of carbonyl (C=O) groups excluding carboxylic acids is 2. The minimum Gasteiger partial charge on any atom is -0.476 e. The van der Waals surface area contributed by atoms with Crippen LogP contribution in [0.25, 0.3) is 0 Å². The maximum Gasteiger partial charge on any atom is 0.417 e. The van der Waals surface area contributed by atoms with Crippen molar-refractivity contribution >= 4 is 23.5 Å². The van der Waals surface area contributed by atoms with Crippen molar-refractivity contribution in [3.8, 4) is 0 Å². The average Bonchev–Trinajstić information content (AvgIpc) is 2.89. The fraction of sp³-hybridized carbons (Fsp3) is 0.208. The highest BCUT2D eigenvalue weighted by molar-refractivity contribution is 5.96. The zero-order chi connectivity index (χ0) is 28.0. The molecule has 0 bridgehead atoms. The quantitative estimate of drug-likeness (QED) is 0.489. The predicted octanol–water partition coefficient (Wildman–Crippen LogP) is 3.22. The Bertz CT molecular complexity index is 1340. The van der Waals surface area contributed by atoms with Crippen LogP contribution in [0.3, 0.4) is 0 Å². The summed E-state index contributed by atoms with van der Waals surface area (Å²) in [6, 6.07) is 8.71. The Hall–Kier alpha value is -4.62. The van der Waals surface area contributed by atoms with Crippen LogP contribution in [0.1, 0.15) is 36.8 Å². The van der Waals surface area contributed by atoms with Gasteiger partial charge in [-0.25, -0.2) is 13.6 Å². The Balaban J connectivity index is 0.000000304. The SMILES string of the molecule is NC(=O)c1cc(F)ccc1F.O=C(O)c1nnccc1N1CCN(C(=O)c2ccccc2C(F)(F)F)CC1. The van der Waals surface area contributed by atoms with Gasteiger partial charge in [0, 0.05) is 26.2 Å². The zero-order valence-electron chi connectivity index (χ0n) is 19.5. The molecule has 200 valence electrons. The number of nitrogens with zero attached hydrogens (tertiary/aromatic N) is 4. The molecule has 4 rings (SSSR count). The molecule has 3 N–H and O–H groups in total. The number of rotatable bonds is 4. The zero-order valence-corrected chi connectivity index (χ0v) is 19.5. The lowest BCUT2D eigenvalue weighted by Gasteiger charge is -2.36. The molecule has 1 aliphatic heterocycles. The number of halogens is 5. The summed E-state index contributed by atoms with van der Waals surface area (Å²) in [6.45, 7) is 0.858. The van der Waals surface area contributed by atoms with E-state index >= 15 is 0 Å². The maximum atomic E-state index is 13.1. The van der Waals surface area contributed by atoms with Crippen LogP contribution in [0.15, 0.2) is 54.7 Å². The summed E-state index contributed by atoms with van der Waals surface area (Å²) in [5.74, 6) is -4.38. The van der Waals surface area contributed by atoms with Gasteiger partial charge in [-0.1, -0.05) is 12.1 Å². The van der Waals surface area contributed by atoms with Gasteiger partial charge >= 0.3 is 12.1 Å². The number of alkyl halides is 3. The number of benzene rings is 2. The molecule has 0 unspecified atom stereocenters. The largest absolute Gasteiger partial charge is 0.476 e. The van der Waals surface area contributed by atoms with E-state index < -0.39 is 52.3 Å². The fourth-order valence-electron chi connectivity index (χ4n) is 3.66. The Morgan fingerprint density at radius 1 is 0.921 bits per heavy atom. The normalized spacial score (nSPS) is 13.4. The third-order valence-corrected chi connectivity index (χ3v) is 5.47. The van der Waals surface area contributed by atoms with Crippen LogP contribution in [-0.2, 0) is 6.18 Å². The molecule has 0 atom stereocenters. The molecule has 0 radical (unpaired) electrons. The van der Waals surface area contributed by atoms with Gasteiger partial charge in [-0.3, -0.25) is 9.59 Å². The molecule has 0 aliphatic carbocycles. The van der Waals surface area contributed by atoms with Crippen molar-refractivity contribution in [1.29, 1.82) is 0 Å². The van der Waals surface area contributed by atoms with Gasteiger partial charge in [0.2, 0.25) is 0 Å². The van der Waals surface area contributed by atoms with Crippen molar-refractivity contribution in [1.82, 2.24) is 15.1 Å². The molecule has 9 nitrogen and oxygen atoms in total. The average molecular weight is 537 g/mol. The van der Waals surface area contributed by atoms with Crippen molar-refractivity contribution in [3.05, 3.63) is 88.7 Å². The van der Waals surface area contributed by atoms with Crippen molar-refractivity contribution < 1.29 is 41.4 Å². The second-order valence-electron chi connectivity index (χ2n) is 7.88. The molecule has 0 spiro atoms. The second-order valence-corrected chi connectivity index (χ2v) is 7.88. The lowest BCUT2D eigenvalue weighted by Crippen LogP contribution is -2.49. The number of nitrogens with two attached hydrogens (primary N) is 1. The van der Waals surface area contributed by atoms with E-state index in [0.29, 0.717) is 5.69 Å². The molecule has 38 heavy (non-hydrogen) atoms. The van der Waals surface area contributed by atoms with Crippen LogP contribution in [-0.4, -0.2) is 64.2 Å². The van der Waals surface area contributed by atoms with Crippen LogP contribution in [0.4, 0.5) is 27.6 Å². The van der Waals surface area contributed by atoms with Crippen molar-refractivity contribution in [2.75, 3.05) is 31.1 Å². The van der Waals surface area contributed by atoms with Crippen molar-refractivity contribution in [2.24, 2.45) is 5.73 Å². The minimum absolute atomic E-state index is 0.159. The highest BCUT2D eigenvalue weighted by Crippen LogP contribution is 2.32. The Morgan fingerprint density at radius 3 is 2.16 bits per heavy atom. The Labute approximate surface area is 212 Å². The monoisotopic (exact) mass is 537 g/mol. The van der Waals surface area contributed by atoms with E-state index in [0.717, 1.165) is 30.3 Å². The maximum absolute atomic E-state index is 13.1. The highest BCUT2D eigenvalue weighted by atomic mass is 19.4. The molecular weight excluding hydrogens is 517 g/mol. The number of hydrogen-bond acceptors (Lipinski definition) is 6. The number of primary amides is 1. The number of aromatic carboxylic acids is 1. The lowest BCUT2D eigenvalue weighted by atomic mass is 10.1. The number of carboxylic acid groups (broad SMARTS) is 1. The number of piperazine rings is 1. The van der Waals surface area contributed by atoms with Crippen LogP contribution in [0.5, 0.6) is 0 Å². The van der Waals surface area contributed by atoms with Gasteiger partial charge < -0.3 is 20.6 Å². The third-order valence-electron chi connectivity index (χ3n) is 5.47. The summed E-state index contributed by atoms with van der Waals surface area (Å²) >= 11 is 0. The number of anilines is 1. The summed E-state index contributed by atoms with van der Waals surface area (Å²) in [5, 5.41) is 16.3. The van der Waals surface area contributed by atoms with E-state index in [2.05, 4.69) is 10.2 Å². The van der Waals surface area contributed by atoms with Crippen LogP contribution in [0.2, 0.25) is 0 Å². The Morgan fingerprint density at radius 2 is 1.58 bits per heavy atom. The van der Waals surface area contributed by atoms with E-state index in [9.17, 15) is 41.4 Å². The van der Waals surface area contributed by atoms with E-state index in [4.69, 9.17) is 5.73 Å². The van der Waals surface area contributed by atoms with E-state index in [1.807, 2.05) is 0 Å². The lowest BCUT2D eigenvalue weighted by molar-refractivity contribution is -0.138. The van der Waals surface area contributed by atoms with Gasteiger partial charge in [-0.2, -0.15) is 18.3 Å². The molecule has 1 aliphatic rings. The number of hydrogen-bond donors (Lipinski definition) is 2. The molecule has 3 aromatic rings. The molecule has 1 saturated heterocycles. The first-order valence-corrected chi connectivity index (χ1v) is 10.9. The van der Waals surface area contributed by atoms with Crippen LogP contribution >= 0.6 is 0 Å². The standard InChI is InChI=1S/C17H15F3N4O3.C7H5F2NO/c18-17(19,20)12-4-2-1-3-11(12)15(25)24-9-7-23(8-10-24)13-5-6-21-22-14(13)16(26)27;8-4-1-2-6(9)5(3-4)7(10)11/h1-6H,7-10H2,(H,26,27);1-3H,(H2,10,11). The number of amides is 2. The molecule has 0 saturated carbocycles. The smallest absolute Gasteiger partial charge is 0.417 e. The van der Waals surface area contributed by atoms with Gasteiger partial charge in [0.25, 0.3) is 11.8 Å². The summed E-state index contributed by atoms with van der Waals surface area (Å²) in [6.07, 6.45) is -3.26. The molecule has 1 aromatic heterocycles. The number of carboxylic acids is 1. The van der Waals surface area contributed by atoms with Gasteiger partial charge in [0.15, 0.2) is 5.69 Å². The first-order chi connectivity index (χ1) is 17.9. The summed E-state index contributed by atoms with van der Waals surface area (Å²) < 4.78 is 64.3. The van der Waals surface area contributed by atoms with Crippen LogP contribution < -0.4 is 10.6 Å². The van der Waals surface area contributed by atoms with E-state index in [-0.39, 0.29) is 31.9 Å². The molecule has 2 aromatic carbocycles. The predicted molar refractivity (Wildman–Crippen MR) is 123 cm³/mol. The van der Waals surface area contributed by atoms with Crippen molar-refractivity contribution in [3.63, 3.8) is 0 Å². The number of carbonyl (C=O) groups is 3. The van der Waals surface area contributed by atoms with Gasteiger partial charge in [-0.05, 0) is 36.4 Å². The molecular formula is C24H20F5N5O4. The number of aromatic nitrogens is 2. The highest BCUT2D eigenvalue weighted by Gasteiger charge is 2.36. The van der Waals surface area contributed by atoms with Crippen molar-refractivity contribution in [2.45, 2.75) is 6.18 Å². The summed E-state index contributed by atoms with van der Waals surface area (Å²) in [5.41, 5.74) is 3.10. The van der Waals surface area contributed by atoms with E-state index in [1.54, 1.807) is 4.90 Å². The molecule has 2 heterocycles. The minimum atomic E-state index is -4.62. The second kappa shape index (κ2) is 11.6. The summed E-state index contributed by atoms with van der Waals surface area (Å²) in [7, 11) is 0. The topological polar surface area (TPSA) is 130 Å². The molecule has 2 amide bonds. The Kier molecular flexibility index (Phi) is 8.55.